The lowest BCUT2D eigenvalue weighted by Crippen LogP contribution is -2.22. The van der Waals surface area contributed by atoms with Crippen LogP contribution < -0.4 is 5.56 Å². The number of fused-ring (bicyclic) bond motifs is 3. The van der Waals surface area contributed by atoms with Crippen LogP contribution in [0.3, 0.4) is 0 Å². The fraction of sp³-hybridized carbons (Fsp3) is 0.278. The van der Waals surface area contributed by atoms with Crippen molar-refractivity contribution in [2.75, 3.05) is 0 Å². The van der Waals surface area contributed by atoms with E-state index in [0.717, 1.165) is 29.3 Å². The molecule has 1 aromatic carbocycles. The van der Waals surface area contributed by atoms with Crippen LogP contribution in [0, 0.1) is 11.3 Å². The van der Waals surface area contributed by atoms with Crippen LogP contribution in [-0.2, 0) is 19.5 Å². The molecule has 0 saturated carbocycles. The average Bonchev–Trinajstić information content (AvgIpc) is 2.98. The van der Waals surface area contributed by atoms with Crippen molar-refractivity contribution in [3.05, 3.63) is 63.8 Å². The predicted octanol–water partition coefficient (Wildman–Crippen LogP) is 2.45. The number of aryl methyl sites for hydroxylation is 2. The quantitative estimate of drug-likeness (QED) is 0.730. The van der Waals surface area contributed by atoms with E-state index in [-0.39, 0.29) is 5.56 Å². The van der Waals surface area contributed by atoms with Gasteiger partial charge in [0.1, 0.15) is 0 Å². The Morgan fingerprint density at radius 3 is 2.78 bits per heavy atom. The first-order valence-corrected chi connectivity index (χ1v) is 7.83. The summed E-state index contributed by atoms with van der Waals surface area (Å²) in [5.74, 6) is 0. The second-order valence-electron chi connectivity index (χ2n) is 5.97. The molecule has 5 nitrogen and oxygen atoms in total. The van der Waals surface area contributed by atoms with E-state index in [1.54, 1.807) is 12.1 Å². The molecule has 0 aliphatic carbocycles. The summed E-state index contributed by atoms with van der Waals surface area (Å²) in [5.41, 5.74) is 2.77. The fourth-order valence-electron chi connectivity index (χ4n) is 3.27. The molecule has 0 radical (unpaired) electrons. The Morgan fingerprint density at radius 1 is 1.17 bits per heavy atom. The summed E-state index contributed by atoms with van der Waals surface area (Å²) in [6, 6.07) is 9.34. The van der Waals surface area contributed by atoms with Crippen molar-refractivity contribution in [3.63, 3.8) is 0 Å². The lowest BCUT2D eigenvalue weighted by molar-refractivity contribution is 0.536. The van der Waals surface area contributed by atoms with Gasteiger partial charge in [0.15, 0.2) is 0 Å². The fourth-order valence-corrected chi connectivity index (χ4v) is 3.27. The largest absolute Gasteiger partial charge is 0.350 e. The van der Waals surface area contributed by atoms with Crippen molar-refractivity contribution >= 4 is 10.8 Å². The van der Waals surface area contributed by atoms with Crippen LogP contribution in [0.5, 0.6) is 0 Å². The maximum atomic E-state index is 12.7. The van der Waals surface area contributed by atoms with Gasteiger partial charge in [0.2, 0.25) is 0 Å². The van der Waals surface area contributed by atoms with Gasteiger partial charge in [-0.05, 0) is 37.0 Å². The van der Waals surface area contributed by atoms with Crippen molar-refractivity contribution in [1.82, 2.24) is 14.3 Å². The van der Waals surface area contributed by atoms with Crippen LogP contribution in [0.2, 0.25) is 0 Å². The highest BCUT2D eigenvalue weighted by Crippen LogP contribution is 2.23. The van der Waals surface area contributed by atoms with E-state index in [4.69, 9.17) is 5.26 Å². The van der Waals surface area contributed by atoms with Gasteiger partial charge in [-0.1, -0.05) is 12.1 Å². The van der Waals surface area contributed by atoms with E-state index >= 15 is 0 Å². The number of rotatable bonds is 2. The Labute approximate surface area is 133 Å². The minimum Gasteiger partial charge on any atom is -0.350 e. The maximum Gasteiger partial charge on any atom is 0.276 e. The standard InChI is InChI=1S/C18H16N4O/c19-9-13-4-6-14(7-5-13)11-22-18(23)16-12-21-8-2-1-3-17(21)15(16)10-20-22/h4-7,10,12H,1-3,8,11H2. The van der Waals surface area contributed by atoms with E-state index < -0.39 is 0 Å². The lowest BCUT2D eigenvalue weighted by Gasteiger charge is -2.14. The van der Waals surface area contributed by atoms with E-state index in [1.165, 1.54) is 23.2 Å². The Kier molecular flexibility index (Phi) is 3.23. The number of benzene rings is 1. The number of nitriles is 1. The molecule has 114 valence electrons. The van der Waals surface area contributed by atoms with Crippen molar-refractivity contribution in [3.8, 4) is 6.07 Å². The summed E-state index contributed by atoms with van der Waals surface area (Å²) in [7, 11) is 0. The van der Waals surface area contributed by atoms with E-state index in [9.17, 15) is 4.79 Å². The Hall–Kier alpha value is -2.87. The van der Waals surface area contributed by atoms with Crippen LogP contribution in [0.25, 0.3) is 10.8 Å². The molecule has 5 heteroatoms. The zero-order chi connectivity index (χ0) is 15.8. The summed E-state index contributed by atoms with van der Waals surface area (Å²) in [6.07, 6.45) is 7.15. The predicted molar refractivity (Wildman–Crippen MR) is 87.2 cm³/mol. The van der Waals surface area contributed by atoms with Gasteiger partial charge in [0.25, 0.3) is 5.56 Å². The number of nitrogens with zero attached hydrogens (tertiary/aromatic N) is 4. The molecule has 0 fully saturated rings. The van der Waals surface area contributed by atoms with Crippen LogP contribution in [0.4, 0.5) is 0 Å². The summed E-state index contributed by atoms with van der Waals surface area (Å²) in [5, 5.41) is 14.9. The monoisotopic (exact) mass is 304 g/mol. The maximum absolute atomic E-state index is 12.7. The number of hydrogen-bond donors (Lipinski definition) is 0. The second kappa shape index (κ2) is 5.40. The molecule has 0 unspecified atom stereocenters. The van der Waals surface area contributed by atoms with E-state index in [2.05, 4.69) is 15.7 Å². The van der Waals surface area contributed by atoms with Crippen LogP contribution in [-0.4, -0.2) is 14.3 Å². The zero-order valence-electron chi connectivity index (χ0n) is 12.7. The molecule has 0 spiro atoms. The van der Waals surface area contributed by atoms with Gasteiger partial charge in [-0.25, -0.2) is 4.68 Å². The normalized spacial score (nSPS) is 13.7. The molecule has 4 rings (SSSR count). The average molecular weight is 304 g/mol. The van der Waals surface area contributed by atoms with Gasteiger partial charge in [-0.15, -0.1) is 0 Å². The van der Waals surface area contributed by atoms with Crippen molar-refractivity contribution < 1.29 is 0 Å². The highest BCUT2D eigenvalue weighted by Gasteiger charge is 2.16. The molecule has 0 bridgehead atoms. The molecule has 3 aromatic rings. The number of aromatic nitrogens is 3. The first kappa shape index (κ1) is 13.8. The van der Waals surface area contributed by atoms with Gasteiger partial charge >= 0.3 is 0 Å². The van der Waals surface area contributed by atoms with Gasteiger partial charge in [0.05, 0.1) is 29.8 Å². The Bertz CT molecular complexity index is 973. The SMILES string of the molecule is N#Cc1ccc(Cn2ncc3c4n(cc3c2=O)CCCC4)cc1. The van der Waals surface area contributed by atoms with Crippen LogP contribution in [0.15, 0.2) is 41.5 Å². The topological polar surface area (TPSA) is 63.6 Å². The molecule has 23 heavy (non-hydrogen) atoms. The minimum absolute atomic E-state index is 0.0474. The van der Waals surface area contributed by atoms with Crippen LogP contribution in [0.1, 0.15) is 29.7 Å². The zero-order valence-corrected chi connectivity index (χ0v) is 12.7. The third-order valence-electron chi connectivity index (χ3n) is 4.50. The molecule has 2 aromatic heterocycles. The van der Waals surface area contributed by atoms with E-state index in [1.807, 2.05) is 24.5 Å². The van der Waals surface area contributed by atoms with Gasteiger partial charge in [0, 0.05) is 23.8 Å². The van der Waals surface area contributed by atoms with Crippen molar-refractivity contribution in [2.24, 2.45) is 0 Å². The summed E-state index contributed by atoms with van der Waals surface area (Å²) in [4.78, 5) is 12.7. The molecular formula is C18H16N4O. The van der Waals surface area contributed by atoms with Gasteiger partial charge < -0.3 is 4.57 Å². The Morgan fingerprint density at radius 2 is 2.00 bits per heavy atom. The lowest BCUT2D eigenvalue weighted by atomic mass is 10.1. The third kappa shape index (κ3) is 2.33. The number of hydrogen-bond acceptors (Lipinski definition) is 3. The van der Waals surface area contributed by atoms with Gasteiger partial charge in [-0.3, -0.25) is 4.79 Å². The molecule has 0 atom stereocenters. The summed E-state index contributed by atoms with van der Waals surface area (Å²) < 4.78 is 3.69. The smallest absolute Gasteiger partial charge is 0.276 e. The first-order chi connectivity index (χ1) is 11.3. The highest BCUT2D eigenvalue weighted by atomic mass is 16.1. The second-order valence-corrected chi connectivity index (χ2v) is 5.97. The van der Waals surface area contributed by atoms with Crippen LogP contribution >= 0.6 is 0 Å². The molecule has 0 saturated heterocycles. The molecule has 1 aliphatic heterocycles. The van der Waals surface area contributed by atoms with Crippen molar-refractivity contribution in [1.29, 1.82) is 5.26 Å². The molecular weight excluding hydrogens is 288 g/mol. The van der Waals surface area contributed by atoms with E-state index in [0.29, 0.717) is 12.1 Å². The Balaban J connectivity index is 1.74. The molecule has 0 amide bonds. The highest BCUT2D eigenvalue weighted by molar-refractivity contribution is 5.84. The summed E-state index contributed by atoms with van der Waals surface area (Å²) >= 11 is 0. The molecule has 1 aliphatic rings. The summed E-state index contributed by atoms with van der Waals surface area (Å²) in [6.45, 7) is 1.40. The molecule has 0 N–H and O–H groups in total. The molecule has 3 heterocycles. The first-order valence-electron chi connectivity index (χ1n) is 7.83. The van der Waals surface area contributed by atoms with Crippen molar-refractivity contribution in [2.45, 2.75) is 32.4 Å². The minimum atomic E-state index is -0.0474. The van der Waals surface area contributed by atoms with Gasteiger partial charge in [-0.2, -0.15) is 10.4 Å². The third-order valence-corrected chi connectivity index (χ3v) is 4.50.